The van der Waals surface area contributed by atoms with Crippen molar-refractivity contribution >= 4 is 11.6 Å². The third-order valence-corrected chi connectivity index (χ3v) is 2.10. The molecule has 1 aromatic heterocycles. The smallest absolute Gasteiger partial charge is 0.132 e. The van der Waals surface area contributed by atoms with Gasteiger partial charge in [-0.1, -0.05) is 19.4 Å². The molecule has 0 aliphatic rings. The lowest BCUT2D eigenvalue weighted by Crippen LogP contribution is -2.07. The number of anilines is 2. The van der Waals surface area contributed by atoms with Crippen LogP contribution in [0.15, 0.2) is 18.7 Å². The van der Waals surface area contributed by atoms with Gasteiger partial charge in [0.05, 0.1) is 0 Å². The molecule has 4 heteroatoms. The quantitative estimate of drug-likeness (QED) is 0.548. The molecule has 0 amide bonds. The zero-order valence-electron chi connectivity index (χ0n) is 10.1. The minimum atomic E-state index is 0.713. The van der Waals surface area contributed by atoms with Crippen molar-refractivity contribution in [3.8, 4) is 0 Å². The highest BCUT2D eigenvalue weighted by Gasteiger charge is 2.00. The number of rotatable bonds is 7. The van der Waals surface area contributed by atoms with Crippen molar-refractivity contribution in [3.63, 3.8) is 0 Å². The molecular formula is C12H20N4. The van der Waals surface area contributed by atoms with Gasteiger partial charge in [0, 0.05) is 19.2 Å². The number of aryl methyl sites for hydroxylation is 1. The maximum Gasteiger partial charge on any atom is 0.132 e. The van der Waals surface area contributed by atoms with E-state index < -0.39 is 0 Å². The number of nitrogens with zero attached hydrogens (tertiary/aromatic N) is 2. The van der Waals surface area contributed by atoms with Crippen molar-refractivity contribution in [1.29, 1.82) is 0 Å². The Hall–Kier alpha value is -1.58. The molecule has 0 aromatic carbocycles. The number of aromatic nitrogens is 2. The Morgan fingerprint density at radius 2 is 2.00 bits per heavy atom. The Balaban J connectivity index is 2.61. The predicted molar refractivity (Wildman–Crippen MR) is 68.9 cm³/mol. The van der Waals surface area contributed by atoms with Gasteiger partial charge in [0.25, 0.3) is 0 Å². The fourth-order valence-corrected chi connectivity index (χ4v) is 1.32. The molecule has 0 fully saturated rings. The zero-order valence-corrected chi connectivity index (χ0v) is 10.1. The second-order valence-corrected chi connectivity index (χ2v) is 3.64. The normalized spacial score (nSPS) is 9.88. The minimum absolute atomic E-state index is 0.713. The van der Waals surface area contributed by atoms with Crippen molar-refractivity contribution in [2.75, 3.05) is 23.7 Å². The monoisotopic (exact) mass is 220 g/mol. The van der Waals surface area contributed by atoms with Crippen LogP contribution in [0, 0.1) is 6.92 Å². The van der Waals surface area contributed by atoms with Crippen molar-refractivity contribution < 1.29 is 0 Å². The topological polar surface area (TPSA) is 49.8 Å². The van der Waals surface area contributed by atoms with Crippen LogP contribution in [0.1, 0.15) is 25.6 Å². The first-order chi connectivity index (χ1) is 7.76. The molecule has 0 aliphatic heterocycles. The van der Waals surface area contributed by atoms with E-state index in [9.17, 15) is 0 Å². The molecule has 0 atom stereocenters. The van der Waals surface area contributed by atoms with Crippen molar-refractivity contribution in [1.82, 2.24) is 9.97 Å². The van der Waals surface area contributed by atoms with Crippen LogP contribution < -0.4 is 10.6 Å². The van der Waals surface area contributed by atoms with E-state index in [1.807, 2.05) is 19.1 Å². The summed E-state index contributed by atoms with van der Waals surface area (Å²) in [5, 5.41) is 6.44. The lowest BCUT2D eigenvalue weighted by Gasteiger charge is -2.08. The van der Waals surface area contributed by atoms with Crippen LogP contribution in [0.5, 0.6) is 0 Å². The van der Waals surface area contributed by atoms with Crippen LogP contribution in [0.2, 0.25) is 0 Å². The summed E-state index contributed by atoms with van der Waals surface area (Å²) in [6.45, 7) is 9.39. The van der Waals surface area contributed by atoms with Gasteiger partial charge in [0.2, 0.25) is 0 Å². The van der Waals surface area contributed by atoms with E-state index in [2.05, 4.69) is 34.1 Å². The SMILES string of the molecule is C=CCNc1cc(NCCCC)nc(C)n1. The summed E-state index contributed by atoms with van der Waals surface area (Å²) in [4.78, 5) is 8.62. The number of hydrogen-bond acceptors (Lipinski definition) is 4. The molecule has 0 saturated heterocycles. The number of nitrogens with one attached hydrogen (secondary N) is 2. The lowest BCUT2D eigenvalue weighted by molar-refractivity contribution is 0.829. The molecule has 1 heterocycles. The number of unbranched alkanes of at least 4 members (excludes halogenated alkanes) is 1. The second-order valence-electron chi connectivity index (χ2n) is 3.64. The fraction of sp³-hybridized carbons (Fsp3) is 0.500. The van der Waals surface area contributed by atoms with Gasteiger partial charge >= 0.3 is 0 Å². The van der Waals surface area contributed by atoms with E-state index in [1.54, 1.807) is 0 Å². The van der Waals surface area contributed by atoms with Crippen molar-refractivity contribution in [2.24, 2.45) is 0 Å². The van der Waals surface area contributed by atoms with Crippen LogP contribution in [-0.4, -0.2) is 23.1 Å². The van der Waals surface area contributed by atoms with Gasteiger partial charge in [0.15, 0.2) is 0 Å². The Labute approximate surface area is 97.2 Å². The van der Waals surface area contributed by atoms with Crippen LogP contribution >= 0.6 is 0 Å². The first-order valence-corrected chi connectivity index (χ1v) is 5.70. The minimum Gasteiger partial charge on any atom is -0.370 e. The van der Waals surface area contributed by atoms with E-state index in [1.165, 1.54) is 6.42 Å². The summed E-state index contributed by atoms with van der Waals surface area (Å²) < 4.78 is 0. The highest BCUT2D eigenvalue weighted by atomic mass is 15.1. The van der Waals surface area contributed by atoms with Crippen molar-refractivity contribution in [2.45, 2.75) is 26.7 Å². The third kappa shape index (κ3) is 4.29. The largest absolute Gasteiger partial charge is 0.370 e. The standard InChI is InChI=1S/C12H20N4/c1-4-6-8-14-12-9-11(13-7-5-2)15-10(3)16-12/h5,9H,2,4,6-8H2,1,3H3,(H2,13,14,15,16). The molecule has 0 saturated carbocycles. The highest BCUT2D eigenvalue weighted by molar-refractivity contribution is 5.47. The molecule has 0 radical (unpaired) electrons. The highest BCUT2D eigenvalue weighted by Crippen LogP contribution is 2.10. The van der Waals surface area contributed by atoms with Gasteiger partial charge in [-0.15, -0.1) is 6.58 Å². The second kappa shape index (κ2) is 6.82. The Bertz CT molecular complexity index is 336. The summed E-state index contributed by atoms with van der Waals surface area (Å²) in [5.74, 6) is 2.49. The summed E-state index contributed by atoms with van der Waals surface area (Å²) in [6, 6.07) is 1.92. The van der Waals surface area contributed by atoms with Gasteiger partial charge in [-0.3, -0.25) is 0 Å². The first kappa shape index (κ1) is 12.5. The van der Waals surface area contributed by atoms with Crippen LogP contribution in [0.25, 0.3) is 0 Å². The Morgan fingerprint density at radius 3 is 2.62 bits per heavy atom. The van der Waals surface area contributed by atoms with E-state index in [0.29, 0.717) is 6.54 Å². The van der Waals surface area contributed by atoms with E-state index in [0.717, 1.165) is 30.4 Å². The molecule has 0 spiro atoms. The number of hydrogen-bond donors (Lipinski definition) is 2. The third-order valence-electron chi connectivity index (χ3n) is 2.10. The molecule has 16 heavy (non-hydrogen) atoms. The molecule has 4 nitrogen and oxygen atoms in total. The molecule has 88 valence electrons. The molecular weight excluding hydrogens is 200 g/mol. The maximum atomic E-state index is 4.33. The van der Waals surface area contributed by atoms with Gasteiger partial charge < -0.3 is 10.6 Å². The first-order valence-electron chi connectivity index (χ1n) is 5.70. The average molecular weight is 220 g/mol. The fourth-order valence-electron chi connectivity index (χ4n) is 1.32. The molecule has 1 rings (SSSR count). The van der Waals surface area contributed by atoms with Crippen LogP contribution in [0.4, 0.5) is 11.6 Å². The van der Waals surface area contributed by atoms with Gasteiger partial charge in [0.1, 0.15) is 17.5 Å². The van der Waals surface area contributed by atoms with E-state index in [-0.39, 0.29) is 0 Å². The predicted octanol–water partition coefficient (Wildman–Crippen LogP) is 2.59. The summed E-state index contributed by atoms with van der Waals surface area (Å²) in [7, 11) is 0. The summed E-state index contributed by atoms with van der Waals surface area (Å²) >= 11 is 0. The van der Waals surface area contributed by atoms with E-state index in [4.69, 9.17) is 0 Å². The Morgan fingerprint density at radius 1 is 1.31 bits per heavy atom. The van der Waals surface area contributed by atoms with Crippen molar-refractivity contribution in [3.05, 3.63) is 24.5 Å². The van der Waals surface area contributed by atoms with Gasteiger partial charge in [-0.05, 0) is 13.3 Å². The molecule has 1 aromatic rings. The molecule has 0 bridgehead atoms. The van der Waals surface area contributed by atoms with Gasteiger partial charge in [-0.2, -0.15) is 0 Å². The molecule has 0 aliphatic carbocycles. The average Bonchev–Trinajstić information content (AvgIpc) is 2.26. The summed E-state index contributed by atoms with van der Waals surface area (Å²) in [6.07, 6.45) is 4.14. The van der Waals surface area contributed by atoms with Crippen LogP contribution in [-0.2, 0) is 0 Å². The maximum absolute atomic E-state index is 4.33. The lowest BCUT2D eigenvalue weighted by atomic mass is 10.3. The molecule has 2 N–H and O–H groups in total. The molecule has 0 unspecified atom stereocenters. The van der Waals surface area contributed by atoms with E-state index >= 15 is 0 Å². The zero-order chi connectivity index (χ0) is 11.8. The summed E-state index contributed by atoms with van der Waals surface area (Å²) in [5.41, 5.74) is 0. The Kier molecular flexibility index (Phi) is 5.32. The van der Waals surface area contributed by atoms with Crippen LogP contribution in [0.3, 0.4) is 0 Å². The van der Waals surface area contributed by atoms with Gasteiger partial charge in [-0.25, -0.2) is 9.97 Å².